The maximum atomic E-state index is 12.5. The van der Waals surface area contributed by atoms with E-state index in [9.17, 15) is 9.59 Å². The van der Waals surface area contributed by atoms with Gasteiger partial charge in [0.2, 0.25) is 5.91 Å². The van der Waals surface area contributed by atoms with Crippen molar-refractivity contribution in [2.75, 3.05) is 19.5 Å². The molecule has 1 fully saturated rings. The number of hydrogen-bond acceptors (Lipinski definition) is 6. The predicted octanol–water partition coefficient (Wildman–Crippen LogP) is 2.12. The van der Waals surface area contributed by atoms with Crippen LogP contribution in [-0.2, 0) is 11.3 Å². The van der Waals surface area contributed by atoms with Crippen LogP contribution in [0.25, 0.3) is 0 Å². The molecule has 1 aromatic carbocycles. The summed E-state index contributed by atoms with van der Waals surface area (Å²) in [5.74, 6) is 1.55. The number of nitrogens with one attached hydrogen (secondary N) is 4. The maximum Gasteiger partial charge on any atom is 0.320 e. The molecule has 3 atom stereocenters. The van der Waals surface area contributed by atoms with Crippen LogP contribution in [0.5, 0.6) is 11.5 Å². The summed E-state index contributed by atoms with van der Waals surface area (Å²) in [6.07, 6.45) is 0.203. The van der Waals surface area contributed by atoms with Crippen LogP contribution in [0.1, 0.15) is 37.8 Å². The number of benzene rings is 1. The molecule has 1 aromatic heterocycles. The first kappa shape index (κ1) is 22.4. The van der Waals surface area contributed by atoms with Crippen molar-refractivity contribution in [3.8, 4) is 11.5 Å². The lowest BCUT2D eigenvalue weighted by Crippen LogP contribution is -2.57. The first-order chi connectivity index (χ1) is 14.9. The van der Waals surface area contributed by atoms with Crippen LogP contribution in [-0.4, -0.2) is 42.0 Å². The lowest BCUT2D eigenvalue weighted by Gasteiger charge is -2.35. The number of aryl methyl sites for hydroxylation is 1. The minimum absolute atomic E-state index is 0.0139. The van der Waals surface area contributed by atoms with E-state index in [2.05, 4.69) is 26.4 Å². The van der Waals surface area contributed by atoms with Gasteiger partial charge in [0.15, 0.2) is 17.8 Å². The molecule has 10 nitrogen and oxygen atoms in total. The first-order valence-corrected chi connectivity index (χ1v) is 10.2. The smallest absolute Gasteiger partial charge is 0.320 e. The molecule has 0 bridgehead atoms. The molecule has 0 saturated carbocycles. The second-order valence-corrected chi connectivity index (χ2v) is 7.49. The number of nitrogens with zero attached hydrogens (tertiary/aromatic N) is 2. The van der Waals surface area contributed by atoms with E-state index in [4.69, 9.17) is 9.47 Å². The quantitative estimate of drug-likeness (QED) is 0.534. The van der Waals surface area contributed by atoms with Crippen LogP contribution in [0, 0.1) is 12.8 Å². The van der Waals surface area contributed by atoms with E-state index in [0.717, 1.165) is 17.7 Å². The van der Waals surface area contributed by atoms with Gasteiger partial charge in [-0.3, -0.25) is 15.4 Å². The number of hydrogen-bond donors (Lipinski definition) is 4. The fourth-order valence-corrected chi connectivity index (χ4v) is 3.69. The van der Waals surface area contributed by atoms with Crippen LogP contribution < -0.4 is 30.7 Å². The van der Waals surface area contributed by atoms with Crippen molar-refractivity contribution in [3.05, 3.63) is 35.5 Å². The van der Waals surface area contributed by atoms with Gasteiger partial charge >= 0.3 is 6.03 Å². The molecule has 1 saturated heterocycles. The number of anilines is 1. The molecule has 2 aromatic rings. The Morgan fingerprint density at radius 3 is 2.61 bits per heavy atom. The Morgan fingerprint density at radius 2 is 1.97 bits per heavy atom. The molecule has 10 heteroatoms. The van der Waals surface area contributed by atoms with E-state index < -0.39 is 12.3 Å². The summed E-state index contributed by atoms with van der Waals surface area (Å²) < 4.78 is 12.1. The molecule has 1 aliphatic heterocycles. The number of methoxy groups -OCH3 is 2. The molecule has 3 amide bonds. The summed E-state index contributed by atoms with van der Waals surface area (Å²) in [6.45, 7) is 6.08. The summed E-state index contributed by atoms with van der Waals surface area (Å²) in [6, 6.07) is 6.79. The third-order valence-electron chi connectivity index (χ3n) is 5.32. The number of carbonyl (C=O) groups is 2. The Balaban J connectivity index is 1.66. The zero-order chi connectivity index (χ0) is 22.5. The fourth-order valence-electron chi connectivity index (χ4n) is 3.69. The van der Waals surface area contributed by atoms with Crippen LogP contribution in [0.2, 0.25) is 0 Å². The summed E-state index contributed by atoms with van der Waals surface area (Å²) in [4.78, 5) is 24.9. The molecule has 1 aliphatic rings. The van der Waals surface area contributed by atoms with Gasteiger partial charge in [0.05, 0.1) is 25.8 Å². The van der Waals surface area contributed by atoms with E-state index in [1.54, 1.807) is 37.1 Å². The summed E-state index contributed by atoms with van der Waals surface area (Å²) in [5.41, 5.74) is 1.58. The van der Waals surface area contributed by atoms with Crippen molar-refractivity contribution < 1.29 is 19.1 Å². The Bertz CT molecular complexity index is 944. The number of carbonyl (C=O) groups excluding carboxylic acids is 2. The zero-order valence-electron chi connectivity index (χ0n) is 18.5. The molecule has 3 rings (SSSR count). The normalized spacial score (nSPS) is 20.7. The van der Waals surface area contributed by atoms with Gasteiger partial charge in [-0.2, -0.15) is 5.10 Å². The zero-order valence-corrected chi connectivity index (χ0v) is 18.5. The topological polar surface area (TPSA) is 119 Å². The van der Waals surface area contributed by atoms with Gasteiger partial charge in [-0.25, -0.2) is 9.48 Å². The van der Waals surface area contributed by atoms with E-state index in [1.165, 1.54) is 0 Å². The summed E-state index contributed by atoms with van der Waals surface area (Å²) >= 11 is 0. The number of aromatic nitrogens is 2. The van der Waals surface area contributed by atoms with Crippen LogP contribution in [0.15, 0.2) is 24.3 Å². The van der Waals surface area contributed by atoms with Crippen molar-refractivity contribution in [2.45, 2.75) is 46.1 Å². The summed E-state index contributed by atoms with van der Waals surface area (Å²) in [5, 5.41) is 16.3. The largest absolute Gasteiger partial charge is 0.493 e. The van der Waals surface area contributed by atoms with Crippen molar-refractivity contribution in [1.29, 1.82) is 0 Å². The van der Waals surface area contributed by atoms with E-state index in [0.29, 0.717) is 23.9 Å². The van der Waals surface area contributed by atoms with Crippen LogP contribution >= 0.6 is 0 Å². The molecule has 3 unspecified atom stereocenters. The van der Waals surface area contributed by atoms with Gasteiger partial charge in [0, 0.05) is 18.7 Å². The van der Waals surface area contributed by atoms with Gasteiger partial charge in [-0.15, -0.1) is 0 Å². The lowest BCUT2D eigenvalue weighted by molar-refractivity contribution is -0.130. The van der Waals surface area contributed by atoms with E-state index in [-0.39, 0.29) is 17.9 Å². The fraction of sp³-hybridized carbons (Fsp3) is 0.476. The predicted molar refractivity (Wildman–Crippen MR) is 116 cm³/mol. The van der Waals surface area contributed by atoms with Crippen LogP contribution in [0.3, 0.4) is 0 Å². The minimum Gasteiger partial charge on any atom is -0.493 e. The first-order valence-electron chi connectivity index (χ1n) is 10.2. The Hall–Kier alpha value is -3.27. The van der Waals surface area contributed by atoms with Gasteiger partial charge < -0.3 is 20.1 Å². The molecule has 2 heterocycles. The van der Waals surface area contributed by atoms with Crippen molar-refractivity contribution >= 4 is 17.8 Å². The highest BCUT2D eigenvalue weighted by Gasteiger charge is 2.34. The molecular formula is C21H30N6O4. The lowest BCUT2D eigenvalue weighted by atomic mass is 9.95. The van der Waals surface area contributed by atoms with Crippen LogP contribution in [0.4, 0.5) is 10.6 Å². The average Bonchev–Trinajstić information content (AvgIpc) is 3.11. The highest BCUT2D eigenvalue weighted by atomic mass is 16.5. The second kappa shape index (κ2) is 9.69. The van der Waals surface area contributed by atoms with Gasteiger partial charge in [0.25, 0.3) is 0 Å². The molecule has 0 aliphatic carbocycles. The number of rotatable bonds is 7. The molecular weight excluding hydrogens is 400 g/mol. The standard InChI is InChI=1S/C21H30N6O4/c1-6-15-13(3)23-20(25-19(15)28)27-18(9-12(2)26-27)24-21(29)22-11-14-7-8-16(30-4)17(10-14)31-5/h7-10,13,15,20,23H,6,11H2,1-5H3,(H,25,28)(H2,22,24,29). The highest BCUT2D eigenvalue weighted by molar-refractivity contribution is 5.88. The Kier molecular flexibility index (Phi) is 7.01. The third kappa shape index (κ3) is 5.08. The molecule has 0 radical (unpaired) electrons. The SMILES string of the molecule is CCC1C(=O)NC(n2nc(C)cc2NC(=O)NCc2ccc(OC)c(OC)c2)NC1C. The number of urea groups is 1. The van der Waals surface area contributed by atoms with Crippen molar-refractivity contribution in [1.82, 2.24) is 25.7 Å². The number of amides is 3. The summed E-state index contributed by atoms with van der Waals surface area (Å²) in [7, 11) is 3.13. The maximum absolute atomic E-state index is 12.5. The second-order valence-electron chi connectivity index (χ2n) is 7.49. The molecule has 31 heavy (non-hydrogen) atoms. The highest BCUT2D eigenvalue weighted by Crippen LogP contribution is 2.27. The molecule has 4 N–H and O–H groups in total. The molecule has 168 valence electrons. The van der Waals surface area contributed by atoms with Crippen molar-refractivity contribution in [2.24, 2.45) is 5.92 Å². The third-order valence-corrected chi connectivity index (χ3v) is 5.32. The minimum atomic E-state index is -0.542. The van der Waals surface area contributed by atoms with E-state index >= 15 is 0 Å². The monoisotopic (exact) mass is 430 g/mol. The Morgan fingerprint density at radius 1 is 1.23 bits per heavy atom. The average molecular weight is 431 g/mol. The van der Waals surface area contributed by atoms with Gasteiger partial charge in [-0.05, 0) is 38.0 Å². The van der Waals surface area contributed by atoms with E-state index in [1.807, 2.05) is 26.8 Å². The van der Waals surface area contributed by atoms with Crippen molar-refractivity contribution in [3.63, 3.8) is 0 Å². The Labute approximate surface area is 181 Å². The molecule has 0 spiro atoms. The van der Waals surface area contributed by atoms with Gasteiger partial charge in [-0.1, -0.05) is 13.0 Å². The number of ether oxygens (including phenoxy) is 2. The van der Waals surface area contributed by atoms with Gasteiger partial charge in [0.1, 0.15) is 5.82 Å².